The van der Waals surface area contributed by atoms with Crippen LogP contribution in [-0.4, -0.2) is 19.9 Å². The fourth-order valence-electron chi connectivity index (χ4n) is 1.15. The highest BCUT2D eigenvalue weighted by molar-refractivity contribution is 5.46. The van der Waals surface area contributed by atoms with Crippen LogP contribution < -0.4 is 5.32 Å². The van der Waals surface area contributed by atoms with Crippen molar-refractivity contribution in [1.29, 1.82) is 5.26 Å². The summed E-state index contributed by atoms with van der Waals surface area (Å²) in [5.74, 6) is 0.462. The third-order valence-corrected chi connectivity index (χ3v) is 1.88. The molecule has 2 heterocycles. The zero-order chi connectivity index (χ0) is 11.2. The Bertz CT molecular complexity index is 504. The third kappa shape index (κ3) is 2.27. The highest BCUT2D eigenvalue weighted by Gasteiger charge is 2.03. The van der Waals surface area contributed by atoms with Crippen molar-refractivity contribution in [2.24, 2.45) is 0 Å². The number of nitrogens with one attached hydrogen (secondary N) is 1. The topological polar surface area (TPSA) is 87.4 Å². The monoisotopic (exact) mass is 212 g/mol. The Morgan fingerprint density at radius 2 is 2.06 bits per heavy atom. The van der Waals surface area contributed by atoms with Gasteiger partial charge < -0.3 is 5.32 Å². The van der Waals surface area contributed by atoms with Crippen molar-refractivity contribution in [3.05, 3.63) is 42.4 Å². The van der Waals surface area contributed by atoms with Crippen LogP contribution in [-0.2, 0) is 6.54 Å². The van der Waals surface area contributed by atoms with Gasteiger partial charge in [-0.3, -0.25) is 0 Å². The molecule has 2 rings (SSSR count). The summed E-state index contributed by atoms with van der Waals surface area (Å²) in [6.45, 7) is 0.482. The predicted octanol–water partition coefficient (Wildman–Crippen LogP) is 0.750. The van der Waals surface area contributed by atoms with Crippen LogP contribution in [0.25, 0.3) is 0 Å². The lowest BCUT2D eigenvalue weighted by Crippen LogP contribution is -2.05. The van der Waals surface area contributed by atoms with Crippen molar-refractivity contribution in [3.8, 4) is 6.07 Å². The van der Waals surface area contributed by atoms with Crippen molar-refractivity contribution in [2.75, 3.05) is 5.32 Å². The number of hydrogen-bond acceptors (Lipinski definition) is 6. The molecule has 0 aliphatic rings. The van der Waals surface area contributed by atoms with E-state index in [0.29, 0.717) is 12.4 Å². The van der Waals surface area contributed by atoms with E-state index >= 15 is 0 Å². The molecule has 0 spiro atoms. The smallest absolute Gasteiger partial charge is 0.182 e. The molecule has 78 valence electrons. The van der Waals surface area contributed by atoms with Crippen LogP contribution >= 0.6 is 0 Å². The predicted molar refractivity (Wildman–Crippen MR) is 56.1 cm³/mol. The first-order chi connectivity index (χ1) is 7.90. The maximum atomic E-state index is 8.80. The molecule has 0 aliphatic heterocycles. The van der Waals surface area contributed by atoms with E-state index in [1.54, 1.807) is 12.3 Å². The summed E-state index contributed by atoms with van der Waals surface area (Å²) in [4.78, 5) is 15.8. The van der Waals surface area contributed by atoms with Gasteiger partial charge in [-0.25, -0.2) is 19.9 Å². The molecule has 0 bridgehead atoms. The van der Waals surface area contributed by atoms with Gasteiger partial charge in [0.15, 0.2) is 11.5 Å². The molecule has 6 nitrogen and oxygen atoms in total. The van der Waals surface area contributed by atoms with Gasteiger partial charge in [0.05, 0.1) is 12.2 Å². The molecule has 6 heteroatoms. The number of aromatic nitrogens is 4. The molecule has 0 fully saturated rings. The second-order valence-corrected chi connectivity index (χ2v) is 2.92. The minimum Gasteiger partial charge on any atom is -0.362 e. The first kappa shape index (κ1) is 9.98. The van der Waals surface area contributed by atoms with Crippen LogP contribution in [0.15, 0.2) is 31.0 Å². The summed E-state index contributed by atoms with van der Waals surface area (Å²) in [5.41, 5.74) is 1.10. The third-order valence-electron chi connectivity index (χ3n) is 1.88. The van der Waals surface area contributed by atoms with Gasteiger partial charge in [0.25, 0.3) is 0 Å². The molecule has 0 saturated heterocycles. The van der Waals surface area contributed by atoms with Crippen LogP contribution in [0.3, 0.4) is 0 Å². The van der Waals surface area contributed by atoms with Crippen LogP contribution in [0, 0.1) is 11.3 Å². The summed E-state index contributed by atoms with van der Waals surface area (Å²) < 4.78 is 0. The van der Waals surface area contributed by atoms with E-state index in [9.17, 15) is 0 Å². The minimum atomic E-state index is 0.275. The second-order valence-electron chi connectivity index (χ2n) is 2.92. The van der Waals surface area contributed by atoms with Crippen molar-refractivity contribution in [3.63, 3.8) is 0 Å². The summed E-state index contributed by atoms with van der Waals surface area (Å²) in [6, 6.07) is 3.75. The largest absolute Gasteiger partial charge is 0.362 e. The quantitative estimate of drug-likeness (QED) is 0.807. The van der Waals surface area contributed by atoms with Gasteiger partial charge >= 0.3 is 0 Å². The Morgan fingerprint density at radius 3 is 2.81 bits per heavy atom. The molecule has 0 aromatic carbocycles. The van der Waals surface area contributed by atoms with Crippen LogP contribution in [0.4, 0.5) is 5.82 Å². The van der Waals surface area contributed by atoms with Gasteiger partial charge in [0.1, 0.15) is 12.4 Å². The lowest BCUT2D eigenvalue weighted by atomic mass is 10.4. The summed E-state index contributed by atoms with van der Waals surface area (Å²) >= 11 is 0. The van der Waals surface area contributed by atoms with Crippen molar-refractivity contribution in [2.45, 2.75) is 6.54 Å². The molecule has 0 unspecified atom stereocenters. The molecule has 2 aromatic heterocycles. The van der Waals surface area contributed by atoms with E-state index in [1.807, 2.05) is 6.07 Å². The molecule has 0 atom stereocenters. The SMILES string of the molecule is N#Cc1nccnc1NCc1ccncn1. The van der Waals surface area contributed by atoms with E-state index in [4.69, 9.17) is 5.26 Å². The van der Waals surface area contributed by atoms with E-state index in [2.05, 4.69) is 25.3 Å². The molecule has 0 radical (unpaired) electrons. The van der Waals surface area contributed by atoms with Crippen molar-refractivity contribution in [1.82, 2.24) is 19.9 Å². The zero-order valence-electron chi connectivity index (χ0n) is 8.33. The number of hydrogen-bond donors (Lipinski definition) is 1. The molecule has 0 saturated carbocycles. The molecule has 2 aromatic rings. The van der Waals surface area contributed by atoms with Crippen LogP contribution in [0.1, 0.15) is 11.4 Å². The number of nitrogens with zero attached hydrogens (tertiary/aromatic N) is 5. The maximum Gasteiger partial charge on any atom is 0.182 e. The van der Waals surface area contributed by atoms with Gasteiger partial charge in [-0.05, 0) is 6.07 Å². The average molecular weight is 212 g/mol. The highest BCUT2D eigenvalue weighted by atomic mass is 15.0. The number of rotatable bonds is 3. The van der Waals surface area contributed by atoms with E-state index in [-0.39, 0.29) is 5.69 Å². The van der Waals surface area contributed by atoms with Crippen LogP contribution in [0.5, 0.6) is 0 Å². The average Bonchev–Trinajstić information content (AvgIpc) is 2.38. The number of nitriles is 1. The van der Waals surface area contributed by atoms with Crippen molar-refractivity contribution >= 4 is 5.82 Å². The van der Waals surface area contributed by atoms with Crippen LogP contribution in [0.2, 0.25) is 0 Å². The van der Waals surface area contributed by atoms with Gasteiger partial charge in [-0.2, -0.15) is 5.26 Å². The van der Waals surface area contributed by atoms with Gasteiger partial charge in [-0.1, -0.05) is 0 Å². The molecule has 0 aliphatic carbocycles. The van der Waals surface area contributed by atoms with Gasteiger partial charge in [-0.15, -0.1) is 0 Å². The molecular weight excluding hydrogens is 204 g/mol. The first-order valence-electron chi connectivity index (χ1n) is 4.60. The Balaban J connectivity index is 2.09. The molecular formula is C10H8N6. The number of anilines is 1. The first-order valence-corrected chi connectivity index (χ1v) is 4.60. The van der Waals surface area contributed by atoms with Crippen molar-refractivity contribution < 1.29 is 0 Å². The second kappa shape index (κ2) is 4.79. The van der Waals surface area contributed by atoms with Gasteiger partial charge in [0, 0.05) is 18.6 Å². The Kier molecular flexibility index (Phi) is 2.99. The standard InChI is InChI=1S/C10H8N6/c11-5-9-10(14-4-3-13-9)15-6-8-1-2-12-7-16-8/h1-4,7H,6H2,(H,14,15). The highest BCUT2D eigenvalue weighted by Crippen LogP contribution is 2.07. The molecule has 1 N–H and O–H groups in total. The summed E-state index contributed by atoms with van der Waals surface area (Å²) in [7, 11) is 0. The fraction of sp³-hybridized carbons (Fsp3) is 0.100. The normalized spacial score (nSPS) is 9.44. The lowest BCUT2D eigenvalue weighted by molar-refractivity contribution is 0.988. The lowest BCUT2D eigenvalue weighted by Gasteiger charge is -2.04. The summed E-state index contributed by atoms with van der Waals surface area (Å²) in [6.07, 6.45) is 6.14. The minimum absolute atomic E-state index is 0.275. The zero-order valence-corrected chi connectivity index (χ0v) is 8.33. The summed E-state index contributed by atoms with van der Waals surface area (Å²) in [5, 5.41) is 11.8. The van der Waals surface area contributed by atoms with E-state index < -0.39 is 0 Å². The van der Waals surface area contributed by atoms with E-state index in [0.717, 1.165) is 5.69 Å². The Hall–Kier alpha value is -2.55. The fourth-order valence-corrected chi connectivity index (χ4v) is 1.15. The molecule has 0 amide bonds. The Morgan fingerprint density at radius 1 is 1.19 bits per heavy atom. The molecule has 16 heavy (non-hydrogen) atoms. The van der Waals surface area contributed by atoms with Gasteiger partial charge in [0.2, 0.25) is 0 Å². The van der Waals surface area contributed by atoms with E-state index in [1.165, 1.54) is 18.7 Å². The maximum absolute atomic E-state index is 8.80. The Labute approximate surface area is 92.0 Å².